The van der Waals surface area contributed by atoms with Gasteiger partial charge in [-0.15, -0.1) is 0 Å². The van der Waals surface area contributed by atoms with Gasteiger partial charge in [0, 0.05) is 24.2 Å². The van der Waals surface area contributed by atoms with Crippen LogP contribution in [0.1, 0.15) is 37.7 Å². The maximum atomic E-state index is 12.3. The third-order valence-electron chi connectivity index (χ3n) is 3.54. The first kappa shape index (κ1) is 14.0. The molecule has 1 aliphatic heterocycles. The minimum Gasteiger partial charge on any atom is -0.277 e. The van der Waals surface area contributed by atoms with Gasteiger partial charge in [0.15, 0.2) is 0 Å². The second kappa shape index (κ2) is 4.93. The summed E-state index contributed by atoms with van der Waals surface area (Å²) in [6.45, 7) is 6.69. The molecule has 19 heavy (non-hydrogen) atoms. The van der Waals surface area contributed by atoms with Gasteiger partial charge in [-0.05, 0) is 23.5 Å². The Bertz CT molecular complexity index is 522. The van der Waals surface area contributed by atoms with E-state index in [-0.39, 0.29) is 28.8 Å². The van der Waals surface area contributed by atoms with Crippen LogP contribution < -0.4 is 0 Å². The molecule has 1 fully saturated rings. The normalized spacial score (nSPS) is 19.9. The number of hydrogen-bond donors (Lipinski definition) is 0. The Balaban J connectivity index is 2.19. The topological polar surface area (TPSA) is 50.3 Å². The van der Waals surface area contributed by atoms with Crippen LogP contribution in [0.15, 0.2) is 18.3 Å². The number of carbonyl (C=O) groups excluding carboxylic acids is 2. The molecule has 0 N–H and O–H groups in total. The number of likely N-dealkylation sites (tertiary alicyclic amines) is 1. The summed E-state index contributed by atoms with van der Waals surface area (Å²) in [5.74, 6) is -0.311. The highest BCUT2D eigenvalue weighted by molar-refractivity contribution is 6.30. The summed E-state index contributed by atoms with van der Waals surface area (Å²) in [5, 5.41) is 0.442. The van der Waals surface area contributed by atoms with Crippen molar-refractivity contribution in [1.29, 1.82) is 0 Å². The van der Waals surface area contributed by atoms with Crippen LogP contribution in [-0.2, 0) is 4.79 Å². The van der Waals surface area contributed by atoms with E-state index in [2.05, 4.69) is 25.8 Å². The highest BCUT2D eigenvalue weighted by Crippen LogP contribution is 2.34. The summed E-state index contributed by atoms with van der Waals surface area (Å²) < 4.78 is 0. The summed E-state index contributed by atoms with van der Waals surface area (Å²) in [4.78, 5) is 29.5. The molecule has 0 spiro atoms. The molecule has 102 valence electrons. The lowest BCUT2D eigenvalue weighted by Crippen LogP contribution is -2.34. The van der Waals surface area contributed by atoms with E-state index in [9.17, 15) is 9.59 Å². The second-order valence-corrected chi connectivity index (χ2v) is 6.37. The van der Waals surface area contributed by atoms with Crippen LogP contribution in [0.3, 0.4) is 0 Å². The van der Waals surface area contributed by atoms with Gasteiger partial charge in [0.25, 0.3) is 5.91 Å². The summed E-state index contributed by atoms with van der Waals surface area (Å²) in [7, 11) is 0. The molecule has 0 aromatic carbocycles. The fourth-order valence-corrected chi connectivity index (χ4v) is 2.30. The van der Waals surface area contributed by atoms with E-state index in [0.717, 1.165) is 0 Å². The number of halogens is 1. The number of carbonyl (C=O) groups is 2. The van der Waals surface area contributed by atoms with Crippen molar-refractivity contribution < 1.29 is 9.59 Å². The molecule has 1 aromatic heterocycles. The summed E-state index contributed by atoms with van der Waals surface area (Å²) in [6.07, 6.45) is 1.88. The quantitative estimate of drug-likeness (QED) is 0.743. The minimum atomic E-state index is -0.362. The number of imide groups is 1. The molecule has 1 aliphatic rings. The van der Waals surface area contributed by atoms with Gasteiger partial charge in [-0.25, -0.2) is 0 Å². The smallest absolute Gasteiger partial charge is 0.277 e. The Morgan fingerprint density at radius 2 is 2.16 bits per heavy atom. The molecular formula is C14H17ClN2O2. The van der Waals surface area contributed by atoms with Crippen LogP contribution in [0.4, 0.5) is 0 Å². The predicted octanol–water partition coefficient (Wildman–Crippen LogP) is 2.77. The van der Waals surface area contributed by atoms with Crippen LogP contribution in [-0.4, -0.2) is 28.2 Å². The van der Waals surface area contributed by atoms with Gasteiger partial charge in [0.1, 0.15) is 5.69 Å². The number of nitrogens with zero attached hydrogens (tertiary/aromatic N) is 2. The molecule has 0 bridgehead atoms. The Labute approximate surface area is 117 Å². The Morgan fingerprint density at radius 1 is 1.47 bits per heavy atom. The zero-order chi connectivity index (χ0) is 14.2. The van der Waals surface area contributed by atoms with Gasteiger partial charge in [0.05, 0.1) is 0 Å². The van der Waals surface area contributed by atoms with Crippen molar-refractivity contribution in [1.82, 2.24) is 9.88 Å². The molecular weight excluding hydrogens is 264 g/mol. The average molecular weight is 281 g/mol. The molecule has 1 unspecified atom stereocenters. The molecule has 2 heterocycles. The molecule has 1 aromatic rings. The monoisotopic (exact) mass is 280 g/mol. The van der Waals surface area contributed by atoms with Crippen LogP contribution in [0.2, 0.25) is 5.02 Å². The van der Waals surface area contributed by atoms with Crippen molar-refractivity contribution in [3.05, 3.63) is 29.0 Å². The zero-order valence-electron chi connectivity index (χ0n) is 11.3. The molecule has 1 atom stereocenters. The molecule has 4 nitrogen and oxygen atoms in total. The SMILES string of the molecule is CC(C)(C)C1CC(=O)N(C(=O)c2cc(Cl)ccn2)C1. The van der Waals surface area contributed by atoms with Crippen molar-refractivity contribution >= 4 is 23.4 Å². The first-order valence-corrected chi connectivity index (χ1v) is 6.63. The Morgan fingerprint density at radius 3 is 2.68 bits per heavy atom. The van der Waals surface area contributed by atoms with Gasteiger partial charge in [-0.3, -0.25) is 19.5 Å². The molecule has 0 aliphatic carbocycles. The van der Waals surface area contributed by atoms with E-state index in [1.165, 1.54) is 17.2 Å². The van der Waals surface area contributed by atoms with Gasteiger partial charge in [0.2, 0.25) is 5.91 Å². The first-order chi connectivity index (χ1) is 8.79. The Kier molecular flexibility index (Phi) is 3.63. The zero-order valence-corrected chi connectivity index (χ0v) is 12.1. The number of amides is 2. The number of hydrogen-bond acceptors (Lipinski definition) is 3. The standard InChI is InChI=1S/C14H17ClN2O2/c1-14(2,3)9-6-12(18)17(8-9)13(19)11-7-10(15)4-5-16-11/h4-5,7,9H,6,8H2,1-3H3. The van der Waals surface area contributed by atoms with Crippen molar-refractivity contribution in [2.75, 3.05) is 6.54 Å². The summed E-state index contributed by atoms with van der Waals surface area (Å²) in [5.41, 5.74) is 0.224. The van der Waals surface area contributed by atoms with E-state index in [0.29, 0.717) is 18.0 Å². The molecule has 0 radical (unpaired) electrons. The highest BCUT2D eigenvalue weighted by atomic mass is 35.5. The van der Waals surface area contributed by atoms with Crippen LogP contribution in [0.25, 0.3) is 0 Å². The maximum absolute atomic E-state index is 12.3. The molecule has 0 saturated carbocycles. The third-order valence-corrected chi connectivity index (χ3v) is 3.77. The number of pyridine rings is 1. The molecule has 2 amide bonds. The molecule has 2 rings (SSSR count). The summed E-state index contributed by atoms with van der Waals surface area (Å²) in [6, 6.07) is 3.09. The van der Waals surface area contributed by atoms with Crippen LogP contribution in [0.5, 0.6) is 0 Å². The first-order valence-electron chi connectivity index (χ1n) is 6.25. The van der Waals surface area contributed by atoms with E-state index in [4.69, 9.17) is 11.6 Å². The minimum absolute atomic E-state index is 0.00640. The predicted molar refractivity (Wildman–Crippen MR) is 72.9 cm³/mol. The van der Waals surface area contributed by atoms with Crippen LogP contribution in [0, 0.1) is 11.3 Å². The van der Waals surface area contributed by atoms with E-state index >= 15 is 0 Å². The van der Waals surface area contributed by atoms with Crippen LogP contribution >= 0.6 is 11.6 Å². The van der Waals surface area contributed by atoms with Crippen molar-refractivity contribution in [2.45, 2.75) is 27.2 Å². The average Bonchev–Trinajstić information content (AvgIpc) is 2.70. The van der Waals surface area contributed by atoms with E-state index < -0.39 is 0 Å². The largest absolute Gasteiger partial charge is 0.279 e. The van der Waals surface area contributed by atoms with Gasteiger partial charge in [-0.1, -0.05) is 32.4 Å². The van der Waals surface area contributed by atoms with E-state index in [1.54, 1.807) is 6.07 Å². The lowest BCUT2D eigenvalue weighted by molar-refractivity contribution is -0.125. The fraction of sp³-hybridized carbons (Fsp3) is 0.500. The third kappa shape index (κ3) is 2.95. The Hall–Kier alpha value is -1.42. The van der Waals surface area contributed by atoms with E-state index in [1.807, 2.05) is 0 Å². The van der Waals surface area contributed by atoms with Gasteiger partial charge in [-0.2, -0.15) is 0 Å². The van der Waals surface area contributed by atoms with Crippen molar-refractivity contribution in [2.24, 2.45) is 11.3 Å². The van der Waals surface area contributed by atoms with Gasteiger partial charge < -0.3 is 0 Å². The van der Waals surface area contributed by atoms with Crippen molar-refractivity contribution in [3.63, 3.8) is 0 Å². The van der Waals surface area contributed by atoms with Crippen molar-refractivity contribution in [3.8, 4) is 0 Å². The molecule has 5 heteroatoms. The number of aromatic nitrogens is 1. The lowest BCUT2D eigenvalue weighted by atomic mass is 9.80. The van der Waals surface area contributed by atoms with Gasteiger partial charge >= 0.3 is 0 Å². The summed E-state index contributed by atoms with van der Waals surface area (Å²) >= 11 is 5.84. The maximum Gasteiger partial charge on any atom is 0.279 e. The highest BCUT2D eigenvalue weighted by Gasteiger charge is 2.40. The fourth-order valence-electron chi connectivity index (χ4n) is 2.14. The lowest BCUT2D eigenvalue weighted by Gasteiger charge is -2.25. The second-order valence-electron chi connectivity index (χ2n) is 5.94. The number of rotatable bonds is 1. The molecule has 1 saturated heterocycles.